The number of aliphatic hydroxyl groups excluding tert-OH is 1. The number of rotatable bonds is 2. The van der Waals surface area contributed by atoms with Gasteiger partial charge in [-0.3, -0.25) is 0 Å². The smallest absolute Gasteiger partial charge is 0.169 e. The van der Waals surface area contributed by atoms with Crippen molar-refractivity contribution >= 4 is 51.7 Å². The lowest BCUT2D eigenvalue weighted by Gasteiger charge is -2.17. The fraction of sp³-hybridized carbons (Fsp3) is 0.250. The largest absolute Gasteiger partial charge is 0.368 e. The van der Waals surface area contributed by atoms with E-state index in [0.29, 0.717) is 26.0 Å². The summed E-state index contributed by atoms with van der Waals surface area (Å²) in [6.45, 7) is 1.86. The summed E-state index contributed by atoms with van der Waals surface area (Å²) < 4.78 is 0. The lowest BCUT2D eigenvalue weighted by molar-refractivity contribution is 0.231. The number of thioether (sulfide) groups is 1. The number of aliphatic hydroxyl groups is 1. The first-order valence-corrected chi connectivity index (χ1v) is 7.56. The topological polar surface area (TPSA) is 44.6 Å². The van der Waals surface area contributed by atoms with Gasteiger partial charge in [-0.05, 0) is 25.1 Å². The molecule has 0 bridgehead atoms. The van der Waals surface area contributed by atoms with Crippen LogP contribution in [0.4, 0.5) is 0 Å². The molecule has 0 aliphatic carbocycles. The van der Waals surface area contributed by atoms with Gasteiger partial charge < -0.3 is 10.4 Å². The minimum atomic E-state index is -0.811. The monoisotopic (exact) mass is 336 g/mol. The SMILES string of the molecule is CC1=CC(O)N=C(SCc2c(Cl)ccc(Cl)c2Cl)N1. The second-order valence-electron chi connectivity index (χ2n) is 3.93. The van der Waals surface area contributed by atoms with Gasteiger partial charge in [-0.1, -0.05) is 46.6 Å². The molecule has 1 aromatic rings. The Balaban J connectivity index is 2.10. The molecule has 3 nitrogen and oxygen atoms in total. The number of amidine groups is 1. The van der Waals surface area contributed by atoms with Crippen LogP contribution in [0, 0.1) is 0 Å². The molecule has 0 fully saturated rings. The summed E-state index contributed by atoms with van der Waals surface area (Å²) in [6, 6.07) is 3.37. The lowest BCUT2D eigenvalue weighted by Crippen LogP contribution is -2.26. The molecule has 0 saturated heterocycles. The van der Waals surface area contributed by atoms with Gasteiger partial charge in [-0.15, -0.1) is 0 Å². The quantitative estimate of drug-likeness (QED) is 0.800. The standard InChI is InChI=1S/C12H11Cl3N2OS/c1-6-4-10(18)17-12(16-6)19-5-7-8(13)2-3-9(14)11(7)15/h2-4,10,18H,5H2,1H3,(H,16,17). The molecular formula is C12H11Cl3N2OS. The summed E-state index contributed by atoms with van der Waals surface area (Å²) in [5.74, 6) is 0.518. The highest BCUT2D eigenvalue weighted by Gasteiger charge is 2.14. The van der Waals surface area contributed by atoms with Gasteiger partial charge in [-0.2, -0.15) is 0 Å². The summed E-state index contributed by atoms with van der Waals surface area (Å²) >= 11 is 19.6. The van der Waals surface area contributed by atoms with Crippen LogP contribution in [0.25, 0.3) is 0 Å². The number of hydrogen-bond donors (Lipinski definition) is 2. The molecule has 1 aliphatic heterocycles. The highest BCUT2D eigenvalue weighted by Crippen LogP contribution is 2.34. The summed E-state index contributed by atoms with van der Waals surface area (Å²) in [6.07, 6.45) is 0.817. The summed E-state index contributed by atoms with van der Waals surface area (Å²) in [5, 5.41) is 14.7. The average Bonchev–Trinajstić information content (AvgIpc) is 2.33. The minimum Gasteiger partial charge on any atom is -0.368 e. The van der Waals surface area contributed by atoms with Crippen molar-refractivity contribution in [3.63, 3.8) is 0 Å². The molecule has 1 aromatic carbocycles. The van der Waals surface area contributed by atoms with Crippen LogP contribution in [-0.4, -0.2) is 16.5 Å². The van der Waals surface area contributed by atoms with Crippen LogP contribution in [-0.2, 0) is 5.75 Å². The zero-order chi connectivity index (χ0) is 14.0. The zero-order valence-corrected chi connectivity index (χ0v) is 13.0. The van der Waals surface area contributed by atoms with E-state index in [-0.39, 0.29) is 0 Å². The van der Waals surface area contributed by atoms with Crippen molar-refractivity contribution in [1.82, 2.24) is 5.32 Å². The summed E-state index contributed by atoms with van der Waals surface area (Å²) in [7, 11) is 0. The van der Waals surface area contributed by atoms with Gasteiger partial charge in [0.05, 0.1) is 10.0 Å². The van der Waals surface area contributed by atoms with Crippen molar-refractivity contribution in [2.75, 3.05) is 0 Å². The van der Waals surface area contributed by atoms with E-state index in [1.165, 1.54) is 11.8 Å². The van der Waals surface area contributed by atoms with Crippen LogP contribution >= 0.6 is 46.6 Å². The number of hydrogen-bond acceptors (Lipinski definition) is 4. The highest BCUT2D eigenvalue weighted by molar-refractivity contribution is 8.13. The molecule has 7 heteroatoms. The molecule has 19 heavy (non-hydrogen) atoms. The molecular weight excluding hydrogens is 327 g/mol. The molecule has 2 rings (SSSR count). The number of benzene rings is 1. The normalized spacial score (nSPS) is 18.7. The number of nitrogens with one attached hydrogen (secondary N) is 1. The fourth-order valence-electron chi connectivity index (χ4n) is 1.54. The van der Waals surface area contributed by atoms with Crippen molar-refractivity contribution in [2.24, 2.45) is 4.99 Å². The molecule has 102 valence electrons. The van der Waals surface area contributed by atoms with Crippen molar-refractivity contribution in [2.45, 2.75) is 18.9 Å². The van der Waals surface area contributed by atoms with Gasteiger partial charge in [0.15, 0.2) is 11.4 Å². The van der Waals surface area contributed by atoms with Crippen LogP contribution < -0.4 is 5.32 Å². The summed E-state index contributed by atoms with van der Waals surface area (Å²) in [4.78, 5) is 4.06. The molecule has 0 spiro atoms. The Bertz CT molecular complexity index is 560. The van der Waals surface area contributed by atoms with E-state index in [0.717, 1.165) is 11.3 Å². The van der Waals surface area contributed by atoms with E-state index < -0.39 is 6.23 Å². The molecule has 1 heterocycles. The van der Waals surface area contributed by atoms with E-state index >= 15 is 0 Å². The first kappa shape index (κ1) is 15.0. The van der Waals surface area contributed by atoms with E-state index in [1.54, 1.807) is 18.2 Å². The van der Waals surface area contributed by atoms with Crippen LogP contribution in [0.2, 0.25) is 15.1 Å². The Hall–Kier alpha value is -0.390. The third kappa shape index (κ3) is 3.80. The Labute approximate surface area is 130 Å². The van der Waals surface area contributed by atoms with Crippen molar-refractivity contribution in [3.05, 3.63) is 44.5 Å². The predicted molar refractivity (Wildman–Crippen MR) is 83.1 cm³/mol. The maximum Gasteiger partial charge on any atom is 0.169 e. The molecule has 1 aliphatic rings. The number of nitrogens with zero attached hydrogens (tertiary/aromatic N) is 1. The van der Waals surface area contributed by atoms with E-state index in [2.05, 4.69) is 10.3 Å². The Morgan fingerprint density at radius 2 is 2.00 bits per heavy atom. The van der Waals surface area contributed by atoms with Gasteiger partial charge in [-0.25, -0.2) is 4.99 Å². The first-order chi connectivity index (χ1) is 8.97. The minimum absolute atomic E-state index is 0.450. The maximum atomic E-state index is 9.51. The van der Waals surface area contributed by atoms with Gasteiger partial charge >= 0.3 is 0 Å². The van der Waals surface area contributed by atoms with Crippen LogP contribution in [0.1, 0.15) is 12.5 Å². The number of allylic oxidation sites excluding steroid dienone is 1. The predicted octanol–water partition coefficient (Wildman–Crippen LogP) is 4.06. The van der Waals surface area contributed by atoms with E-state index in [1.807, 2.05) is 6.92 Å². The number of halogens is 3. The van der Waals surface area contributed by atoms with Gasteiger partial charge in [0.1, 0.15) is 0 Å². The van der Waals surface area contributed by atoms with Crippen LogP contribution in [0.3, 0.4) is 0 Å². The Morgan fingerprint density at radius 3 is 2.68 bits per heavy atom. The van der Waals surface area contributed by atoms with E-state index in [4.69, 9.17) is 34.8 Å². The maximum absolute atomic E-state index is 9.51. The zero-order valence-electron chi connectivity index (χ0n) is 9.95. The third-order valence-corrected chi connectivity index (χ3v) is 4.56. The average molecular weight is 338 g/mol. The van der Waals surface area contributed by atoms with Crippen molar-refractivity contribution in [1.29, 1.82) is 0 Å². The Kier molecular flexibility index (Phi) is 5.03. The lowest BCUT2D eigenvalue weighted by atomic mass is 10.2. The molecule has 1 unspecified atom stereocenters. The van der Waals surface area contributed by atoms with Crippen LogP contribution in [0.15, 0.2) is 28.9 Å². The second-order valence-corrected chi connectivity index (χ2v) is 6.09. The number of aliphatic imine (C=N–C) groups is 1. The third-order valence-electron chi connectivity index (χ3n) is 2.44. The molecule has 0 aromatic heterocycles. The molecule has 0 radical (unpaired) electrons. The summed E-state index contributed by atoms with van der Waals surface area (Å²) in [5.41, 5.74) is 1.61. The molecule has 2 N–H and O–H groups in total. The van der Waals surface area contributed by atoms with Crippen LogP contribution in [0.5, 0.6) is 0 Å². The molecule has 1 atom stereocenters. The van der Waals surface area contributed by atoms with E-state index in [9.17, 15) is 5.11 Å². The second kappa shape index (κ2) is 6.37. The van der Waals surface area contributed by atoms with Gasteiger partial charge in [0.25, 0.3) is 0 Å². The van der Waals surface area contributed by atoms with Crippen molar-refractivity contribution < 1.29 is 5.11 Å². The molecule has 0 saturated carbocycles. The highest BCUT2D eigenvalue weighted by atomic mass is 35.5. The van der Waals surface area contributed by atoms with Gasteiger partial charge in [0, 0.05) is 22.0 Å². The Morgan fingerprint density at radius 1 is 1.32 bits per heavy atom. The fourth-order valence-corrected chi connectivity index (χ4v) is 3.38. The molecule has 0 amide bonds. The van der Waals surface area contributed by atoms with Gasteiger partial charge in [0.2, 0.25) is 0 Å². The first-order valence-electron chi connectivity index (χ1n) is 5.44. The van der Waals surface area contributed by atoms with Crippen molar-refractivity contribution in [3.8, 4) is 0 Å².